The van der Waals surface area contributed by atoms with Gasteiger partial charge in [-0.05, 0) is 13.0 Å². The van der Waals surface area contributed by atoms with Gasteiger partial charge in [-0.25, -0.2) is 0 Å². The smallest absolute Gasteiger partial charge is 0.435 e. The first-order valence-electron chi connectivity index (χ1n) is 5.50. The lowest BCUT2D eigenvalue weighted by Gasteiger charge is -2.28. The number of para-hydroxylation sites is 1. The molecule has 2 rings (SSSR count). The van der Waals surface area contributed by atoms with E-state index in [9.17, 15) is 23.1 Å². The summed E-state index contributed by atoms with van der Waals surface area (Å²) >= 11 is 0. The summed E-state index contributed by atoms with van der Waals surface area (Å²) in [5.41, 5.74) is 0.669. The molecule has 1 amide bonds. The minimum atomic E-state index is -4.93. The summed E-state index contributed by atoms with van der Waals surface area (Å²) in [6.07, 6.45) is -5.23. The van der Waals surface area contributed by atoms with Gasteiger partial charge in [0.1, 0.15) is 0 Å². The largest absolute Gasteiger partial charge is 0.576 e. The average Bonchev–Trinajstić information content (AvgIpc) is 2.60. The first kappa shape index (κ1) is 13.4. The van der Waals surface area contributed by atoms with Gasteiger partial charge in [0, 0.05) is 11.6 Å². The molecule has 0 unspecified atom stereocenters. The Morgan fingerprint density at radius 3 is 2.53 bits per heavy atom. The van der Waals surface area contributed by atoms with Crippen LogP contribution in [0.25, 0.3) is 6.08 Å². The van der Waals surface area contributed by atoms with Crippen LogP contribution in [0, 0.1) is 0 Å². The van der Waals surface area contributed by atoms with Crippen LogP contribution >= 0.6 is 0 Å². The van der Waals surface area contributed by atoms with Crippen LogP contribution in [-0.4, -0.2) is 24.1 Å². The van der Waals surface area contributed by atoms with Gasteiger partial charge in [0.15, 0.2) is 5.69 Å². The number of rotatable bonds is 2. The molecule has 1 aliphatic heterocycles. The van der Waals surface area contributed by atoms with Crippen molar-refractivity contribution in [1.82, 2.24) is 4.48 Å². The molecular formula is C12H11F3NO3+. The van der Waals surface area contributed by atoms with E-state index in [1.165, 1.54) is 13.0 Å². The molecule has 0 aliphatic carbocycles. The maximum atomic E-state index is 12.4. The van der Waals surface area contributed by atoms with Crippen molar-refractivity contribution >= 4 is 17.9 Å². The molecule has 0 bridgehead atoms. The van der Waals surface area contributed by atoms with E-state index >= 15 is 0 Å². The van der Waals surface area contributed by atoms with Crippen molar-refractivity contribution in [3.63, 3.8) is 0 Å². The molecule has 19 heavy (non-hydrogen) atoms. The summed E-state index contributed by atoms with van der Waals surface area (Å²) in [6, 6.07) is 6.23. The fourth-order valence-corrected chi connectivity index (χ4v) is 2.20. The lowest BCUT2D eigenvalue weighted by molar-refractivity contribution is -0.311. The van der Waals surface area contributed by atoms with Gasteiger partial charge in [0.25, 0.3) is 0 Å². The number of carboxylic acid groups (broad SMARTS) is 1. The van der Waals surface area contributed by atoms with E-state index < -0.39 is 22.8 Å². The van der Waals surface area contributed by atoms with Gasteiger partial charge in [0.2, 0.25) is 0 Å². The number of carbonyl (C=O) groups is 1. The lowest BCUT2D eigenvalue weighted by Crippen LogP contribution is -2.52. The Bertz CT molecular complexity index is 553. The van der Waals surface area contributed by atoms with Crippen LogP contribution in [-0.2, 0) is 4.74 Å². The van der Waals surface area contributed by atoms with Crippen molar-refractivity contribution < 1.29 is 27.8 Å². The second-order valence-electron chi connectivity index (χ2n) is 4.00. The molecule has 0 fully saturated rings. The molecule has 102 valence electrons. The number of alkyl halides is 3. The fraction of sp³-hybridized carbons (Fsp3) is 0.250. The number of amides is 1. The second-order valence-corrected chi connectivity index (χ2v) is 4.00. The van der Waals surface area contributed by atoms with E-state index in [0.29, 0.717) is 5.56 Å². The van der Waals surface area contributed by atoms with E-state index in [1.807, 2.05) is 0 Å². The molecule has 1 aliphatic rings. The van der Waals surface area contributed by atoms with Crippen LogP contribution in [0.4, 0.5) is 23.7 Å². The van der Waals surface area contributed by atoms with Gasteiger partial charge >= 0.3 is 18.3 Å². The zero-order chi connectivity index (χ0) is 14.3. The van der Waals surface area contributed by atoms with Gasteiger partial charge < -0.3 is 9.84 Å². The Morgan fingerprint density at radius 2 is 2.00 bits per heavy atom. The normalized spacial score (nSPS) is 21.8. The Labute approximate surface area is 106 Å². The third-order valence-electron chi connectivity index (χ3n) is 3.02. The van der Waals surface area contributed by atoms with E-state index in [-0.39, 0.29) is 12.2 Å². The Kier molecular flexibility index (Phi) is 3.01. The minimum Gasteiger partial charge on any atom is -0.435 e. The van der Waals surface area contributed by atoms with E-state index in [2.05, 4.69) is 4.74 Å². The number of hydrogen-bond acceptors (Lipinski definition) is 2. The third kappa shape index (κ3) is 2.06. The topological polar surface area (TPSA) is 46.5 Å². The van der Waals surface area contributed by atoms with Crippen LogP contribution in [0.3, 0.4) is 0 Å². The SMILES string of the molecule is CC[N@@+]1(C(=O)O)C(OC(F)(F)F)=Cc2ccccc21. The molecule has 1 heterocycles. The molecule has 0 spiro atoms. The van der Waals surface area contributed by atoms with Crippen molar-refractivity contribution in [2.24, 2.45) is 0 Å². The lowest BCUT2D eigenvalue weighted by atomic mass is 10.2. The molecule has 1 N–H and O–H groups in total. The molecule has 0 radical (unpaired) electrons. The summed E-state index contributed by atoms with van der Waals surface area (Å²) in [5, 5.41) is 9.36. The first-order valence-corrected chi connectivity index (χ1v) is 5.50. The summed E-state index contributed by atoms with van der Waals surface area (Å²) in [6.45, 7) is 1.40. The Balaban J connectivity index is 2.58. The standard InChI is InChI=1S/C12H10F3NO3/c1-2-16(11(17)18)9-6-4-3-5-8(9)7-10(16)19-12(13,14)15/h3-7H,2H2,1H3/p+1/t16-/m0/s1. The number of halogens is 3. The van der Waals surface area contributed by atoms with Crippen molar-refractivity contribution in [2.75, 3.05) is 6.54 Å². The maximum Gasteiger partial charge on any atom is 0.576 e. The summed E-state index contributed by atoms with van der Waals surface area (Å²) in [7, 11) is 0. The zero-order valence-corrected chi connectivity index (χ0v) is 9.94. The van der Waals surface area contributed by atoms with Crippen LogP contribution in [0.5, 0.6) is 0 Å². The Morgan fingerprint density at radius 1 is 1.37 bits per heavy atom. The first-order chi connectivity index (χ1) is 8.81. The molecule has 7 heteroatoms. The number of fused-ring (bicyclic) bond motifs is 1. The van der Waals surface area contributed by atoms with Crippen LogP contribution in [0.15, 0.2) is 30.1 Å². The van der Waals surface area contributed by atoms with Gasteiger partial charge in [-0.15, -0.1) is 17.7 Å². The summed E-state index contributed by atoms with van der Waals surface area (Å²) < 4.78 is 40.1. The van der Waals surface area contributed by atoms with Gasteiger partial charge in [-0.3, -0.25) is 0 Å². The number of benzene rings is 1. The van der Waals surface area contributed by atoms with Crippen molar-refractivity contribution in [3.8, 4) is 0 Å². The number of quaternary nitrogens is 1. The van der Waals surface area contributed by atoms with Crippen molar-refractivity contribution in [2.45, 2.75) is 13.3 Å². The highest BCUT2D eigenvalue weighted by Crippen LogP contribution is 2.42. The predicted molar refractivity (Wildman–Crippen MR) is 61.9 cm³/mol. The molecule has 1 atom stereocenters. The van der Waals surface area contributed by atoms with Crippen LogP contribution in [0.1, 0.15) is 12.5 Å². The molecule has 0 aromatic heterocycles. The molecule has 1 aromatic rings. The van der Waals surface area contributed by atoms with Crippen LogP contribution < -0.4 is 4.48 Å². The second kappa shape index (κ2) is 4.27. The zero-order valence-electron chi connectivity index (χ0n) is 9.94. The van der Waals surface area contributed by atoms with Crippen LogP contribution in [0.2, 0.25) is 0 Å². The maximum absolute atomic E-state index is 12.4. The molecule has 0 saturated heterocycles. The van der Waals surface area contributed by atoms with Gasteiger partial charge in [-0.1, -0.05) is 12.1 Å². The monoisotopic (exact) mass is 274 g/mol. The predicted octanol–water partition coefficient (Wildman–Crippen LogP) is 3.54. The van der Waals surface area contributed by atoms with E-state index in [1.54, 1.807) is 18.2 Å². The third-order valence-corrected chi connectivity index (χ3v) is 3.02. The van der Waals surface area contributed by atoms with Crippen molar-refractivity contribution in [1.29, 1.82) is 0 Å². The fourth-order valence-electron chi connectivity index (χ4n) is 2.20. The molecule has 0 saturated carbocycles. The summed E-state index contributed by atoms with van der Waals surface area (Å²) in [5.74, 6) is -0.649. The van der Waals surface area contributed by atoms with Gasteiger partial charge in [0.05, 0.1) is 12.6 Å². The summed E-state index contributed by atoms with van der Waals surface area (Å²) in [4.78, 5) is 11.5. The number of nitrogens with zero attached hydrogens (tertiary/aromatic N) is 1. The number of ether oxygens (including phenoxy) is 1. The highest BCUT2D eigenvalue weighted by atomic mass is 19.4. The highest BCUT2D eigenvalue weighted by molar-refractivity contribution is 5.92. The Hall–Kier alpha value is -2.02. The highest BCUT2D eigenvalue weighted by Gasteiger charge is 2.53. The average molecular weight is 274 g/mol. The van der Waals surface area contributed by atoms with E-state index in [0.717, 1.165) is 6.08 Å². The molecule has 1 aromatic carbocycles. The van der Waals surface area contributed by atoms with Gasteiger partial charge in [-0.2, -0.15) is 4.79 Å². The van der Waals surface area contributed by atoms with Crippen molar-refractivity contribution in [3.05, 3.63) is 35.7 Å². The number of hydrogen-bond donors (Lipinski definition) is 1. The minimum absolute atomic E-state index is 0.0890. The van der Waals surface area contributed by atoms with E-state index in [4.69, 9.17) is 0 Å². The molecule has 4 nitrogen and oxygen atoms in total. The molecular weight excluding hydrogens is 263 g/mol. The quantitative estimate of drug-likeness (QED) is 0.839.